The van der Waals surface area contributed by atoms with Crippen molar-refractivity contribution in [3.63, 3.8) is 0 Å². The highest BCUT2D eigenvalue weighted by Gasteiger charge is 2.25. The van der Waals surface area contributed by atoms with Crippen molar-refractivity contribution >= 4 is 70.9 Å². The molecular weight excluding hydrogens is 540 g/mol. The van der Waals surface area contributed by atoms with Crippen molar-refractivity contribution in [3.8, 4) is 23.3 Å². The number of fused-ring (bicyclic) bond motifs is 11. The van der Waals surface area contributed by atoms with E-state index in [1.54, 1.807) is 6.20 Å². The van der Waals surface area contributed by atoms with Crippen LogP contribution >= 0.6 is 0 Å². The summed E-state index contributed by atoms with van der Waals surface area (Å²) in [5.41, 5.74) is 8.48. The van der Waals surface area contributed by atoms with Gasteiger partial charge in [0.25, 0.3) is 0 Å². The molecule has 5 heterocycles. The number of rotatable bonds is 2. The van der Waals surface area contributed by atoms with Crippen LogP contribution in [0.5, 0.6) is 0 Å². The van der Waals surface area contributed by atoms with Gasteiger partial charge in [-0.15, -0.1) is 0 Å². The van der Waals surface area contributed by atoms with E-state index in [9.17, 15) is 5.26 Å². The summed E-state index contributed by atoms with van der Waals surface area (Å²) in [4.78, 5) is 15.0. The van der Waals surface area contributed by atoms with Crippen molar-refractivity contribution in [2.24, 2.45) is 0 Å². The number of hydrogen-bond donors (Lipinski definition) is 0. The van der Waals surface area contributed by atoms with Crippen LogP contribution in [0.1, 0.15) is 5.56 Å². The molecule has 10 aromatic rings. The van der Waals surface area contributed by atoms with Gasteiger partial charge >= 0.3 is 0 Å². The monoisotopic (exact) mass is 560 g/mol. The summed E-state index contributed by atoms with van der Waals surface area (Å²) in [5.74, 6) is 0.543. The Morgan fingerprint density at radius 3 is 2.09 bits per heavy atom. The molecule has 6 nitrogen and oxygen atoms in total. The van der Waals surface area contributed by atoms with E-state index in [1.165, 1.54) is 43.5 Å². The van der Waals surface area contributed by atoms with Crippen LogP contribution in [0.25, 0.3) is 88.1 Å². The predicted molar refractivity (Wildman–Crippen MR) is 176 cm³/mol. The van der Waals surface area contributed by atoms with Crippen LogP contribution < -0.4 is 0 Å². The second-order valence-electron chi connectivity index (χ2n) is 11.2. The second kappa shape index (κ2) is 8.37. The fourth-order valence-corrected chi connectivity index (χ4v) is 7.19. The molecule has 5 aromatic heterocycles. The zero-order valence-electron chi connectivity index (χ0n) is 23.2. The quantitative estimate of drug-likeness (QED) is 0.212. The Kier molecular flexibility index (Phi) is 4.43. The molecule has 44 heavy (non-hydrogen) atoms. The average Bonchev–Trinajstić information content (AvgIpc) is 3.72. The van der Waals surface area contributed by atoms with Crippen molar-refractivity contribution in [2.45, 2.75) is 0 Å². The third-order valence-corrected chi connectivity index (χ3v) is 8.93. The maximum absolute atomic E-state index is 9.63. The lowest BCUT2D eigenvalue weighted by Crippen LogP contribution is -2.04. The maximum Gasteiger partial charge on any atom is 0.237 e. The smallest absolute Gasteiger partial charge is 0.237 e. The highest BCUT2D eigenvalue weighted by molar-refractivity contribution is 6.35. The van der Waals surface area contributed by atoms with Crippen LogP contribution in [-0.4, -0.2) is 23.9 Å². The topological polar surface area (TPSA) is 71.8 Å². The van der Waals surface area contributed by atoms with Gasteiger partial charge in [0.2, 0.25) is 5.95 Å². The van der Waals surface area contributed by atoms with Crippen molar-refractivity contribution in [1.82, 2.24) is 23.9 Å². The minimum absolute atomic E-state index is 0.543. The predicted octanol–water partition coefficient (Wildman–Crippen LogP) is 8.81. The molecular formula is C38H20N6. The Morgan fingerprint density at radius 1 is 0.568 bits per heavy atom. The van der Waals surface area contributed by atoms with Crippen molar-refractivity contribution in [1.29, 1.82) is 5.26 Å². The van der Waals surface area contributed by atoms with Crippen LogP contribution in [-0.2, 0) is 0 Å². The molecule has 5 aromatic carbocycles. The number of hydrogen-bond acceptors (Lipinski definition) is 4. The van der Waals surface area contributed by atoms with Gasteiger partial charge in [-0.25, -0.2) is 9.97 Å². The molecule has 0 spiro atoms. The Bertz CT molecular complexity index is 2850. The van der Waals surface area contributed by atoms with Gasteiger partial charge < -0.3 is 4.40 Å². The Labute approximate surface area is 250 Å². The number of aromatic nitrogens is 5. The van der Waals surface area contributed by atoms with Crippen molar-refractivity contribution in [3.05, 3.63) is 127 Å². The third-order valence-electron chi connectivity index (χ3n) is 8.93. The first-order valence-electron chi connectivity index (χ1n) is 14.5. The van der Waals surface area contributed by atoms with Crippen LogP contribution in [0.4, 0.5) is 0 Å². The molecule has 0 amide bonds. The molecule has 0 saturated heterocycles. The molecule has 0 saturated carbocycles. The molecule has 0 aliphatic heterocycles. The van der Waals surface area contributed by atoms with Gasteiger partial charge in [0.1, 0.15) is 0 Å². The van der Waals surface area contributed by atoms with Crippen LogP contribution in [0, 0.1) is 11.3 Å². The fraction of sp³-hybridized carbons (Fsp3) is 0. The standard InChI is InChI=1S/C38H20N6/c39-21-22-9-7-10-23(19-22)35-27-14-8-18-40-37(27)42-38(41-35)44-31-17-6-2-12-25(31)33-32(44)20-28-24-11-1-4-15-29(24)43-30-16-5-3-13-26(30)34(33)36(28)43/h1-20H. The average molecular weight is 561 g/mol. The van der Waals surface area contributed by atoms with E-state index in [0.29, 0.717) is 17.2 Å². The fourth-order valence-electron chi connectivity index (χ4n) is 7.19. The first kappa shape index (κ1) is 23.3. The highest BCUT2D eigenvalue weighted by Crippen LogP contribution is 2.46. The van der Waals surface area contributed by atoms with E-state index >= 15 is 0 Å². The summed E-state index contributed by atoms with van der Waals surface area (Å²) in [6.45, 7) is 0. The van der Waals surface area contributed by atoms with E-state index in [2.05, 4.69) is 98.9 Å². The van der Waals surface area contributed by atoms with E-state index in [1.807, 2.05) is 36.4 Å². The number of para-hydroxylation sites is 3. The summed E-state index contributed by atoms with van der Waals surface area (Å²) in [5, 5.41) is 17.7. The minimum atomic E-state index is 0.543. The zero-order chi connectivity index (χ0) is 28.9. The van der Waals surface area contributed by atoms with Crippen molar-refractivity contribution in [2.75, 3.05) is 0 Å². The van der Waals surface area contributed by atoms with Gasteiger partial charge in [-0.2, -0.15) is 10.2 Å². The molecule has 0 fully saturated rings. The molecule has 0 atom stereocenters. The van der Waals surface area contributed by atoms with Crippen LogP contribution in [0.15, 0.2) is 121 Å². The Balaban J connectivity index is 1.42. The first-order valence-corrected chi connectivity index (χ1v) is 14.5. The third kappa shape index (κ3) is 2.90. The number of nitriles is 1. The molecule has 0 radical (unpaired) electrons. The molecule has 6 heteroatoms. The summed E-state index contributed by atoms with van der Waals surface area (Å²) in [7, 11) is 0. The van der Waals surface area contributed by atoms with E-state index in [4.69, 9.17) is 9.97 Å². The van der Waals surface area contributed by atoms with E-state index < -0.39 is 0 Å². The normalized spacial score (nSPS) is 12.1. The van der Waals surface area contributed by atoms with Gasteiger partial charge in [-0.05, 0) is 48.5 Å². The highest BCUT2D eigenvalue weighted by atomic mass is 15.2. The molecule has 0 aliphatic rings. The lowest BCUT2D eigenvalue weighted by molar-refractivity contribution is 1.01. The molecule has 10 rings (SSSR count). The Hall–Kier alpha value is -6.32. The van der Waals surface area contributed by atoms with Crippen LogP contribution in [0.2, 0.25) is 0 Å². The summed E-state index contributed by atoms with van der Waals surface area (Å²) in [6, 6.07) is 41.8. The molecule has 0 bridgehead atoms. The Morgan fingerprint density at radius 2 is 1.27 bits per heavy atom. The summed E-state index contributed by atoms with van der Waals surface area (Å²) < 4.78 is 4.59. The largest absolute Gasteiger partial charge is 0.308 e. The summed E-state index contributed by atoms with van der Waals surface area (Å²) >= 11 is 0. The molecule has 202 valence electrons. The SMILES string of the molecule is N#Cc1cccc(-c2nc(-n3c4ccccc4c4c5c6ccccc6n6c7ccccc7c(cc43)c56)nc3ncccc23)c1. The minimum Gasteiger partial charge on any atom is -0.308 e. The molecule has 0 aliphatic carbocycles. The van der Waals surface area contributed by atoms with Gasteiger partial charge in [-0.3, -0.25) is 4.57 Å². The lowest BCUT2D eigenvalue weighted by Gasteiger charge is -2.11. The number of nitrogens with zero attached hydrogens (tertiary/aromatic N) is 6. The van der Waals surface area contributed by atoms with Crippen LogP contribution in [0.3, 0.4) is 0 Å². The van der Waals surface area contributed by atoms with Crippen molar-refractivity contribution < 1.29 is 0 Å². The number of benzene rings is 5. The lowest BCUT2D eigenvalue weighted by atomic mass is 10.0. The molecule has 0 unspecified atom stereocenters. The maximum atomic E-state index is 9.63. The van der Waals surface area contributed by atoms with Gasteiger partial charge in [0, 0.05) is 49.5 Å². The van der Waals surface area contributed by atoms with Gasteiger partial charge in [-0.1, -0.05) is 66.7 Å². The van der Waals surface area contributed by atoms with Gasteiger partial charge in [0.15, 0.2) is 5.65 Å². The first-order chi connectivity index (χ1) is 21.8. The zero-order valence-corrected chi connectivity index (χ0v) is 23.2. The van der Waals surface area contributed by atoms with E-state index in [0.717, 1.165) is 33.1 Å². The number of pyridine rings is 1. The van der Waals surface area contributed by atoms with Gasteiger partial charge in [0.05, 0.1) is 44.9 Å². The van der Waals surface area contributed by atoms with E-state index in [-0.39, 0.29) is 0 Å². The second-order valence-corrected chi connectivity index (χ2v) is 11.2. The summed E-state index contributed by atoms with van der Waals surface area (Å²) in [6.07, 6.45) is 1.76. The molecule has 0 N–H and O–H groups in total.